The second-order valence-corrected chi connectivity index (χ2v) is 3.87. The van der Waals surface area contributed by atoms with E-state index in [9.17, 15) is 0 Å². The molecule has 0 saturated carbocycles. The average molecular weight is 191 g/mol. The summed E-state index contributed by atoms with van der Waals surface area (Å²) in [6, 6.07) is 0.761. The molecule has 14 heavy (non-hydrogen) atoms. The Morgan fingerprint density at radius 1 is 1.50 bits per heavy atom. The van der Waals surface area contributed by atoms with Crippen LogP contribution in [0.5, 0.6) is 0 Å². The van der Waals surface area contributed by atoms with Crippen molar-refractivity contribution in [2.24, 2.45) is 0 Å². The molecule has 1 aromatic rings. The van der Waals surface area contributed by atoms with Crippen LogP contribution in [-0.4, -0.2) is 27.5 Å². The van der Waals surface area contributed by atoms with Crippen molar-refractivity contribution >= 4 is 0 Å². The minimum Gasteiger partial charge on any atom is -0.295 e. The number of hydrogen-bond donors (Lipinski definition) is 0. The molecule has 1 unspecified atom stereocenters. The SMILES string of the molecule is CCC1CCCN1Cc1cnccn1. The normalized spacial score (nSPS) is 22.8. The van der Waals surface area contributed by atoms with Gasteiger partial charge in [0, 0.05) is 31.2 Å². The van der Waals surface area contributed by atoms with Gasteiger partial charge in [-0.3, -0.25) is 14.9 Å². The molecule has 0 radical (unpaired) electrons. The summed E-state index contributed by atoms with van der Waals surface area (Å²) >= 11 is 0. The van der Waals surface area contributed by atoms with Gasteiger partial charge in [-0.1, -0.05) is 6.92 Å². The van der Waals surface area contributed by atoms with E-state index in [1.807, 2.05) is 6.20 Å². The largest absolute Gasteiger partial charge is 0.295 e. The molecular formula is C11H17N3. The van der Waals surface area contributed by atoms with E-state index in [0.29, 0.717) is 0 Å². The highest BCUT2D eigenvalue weighted by molar-refractivity contribution is 4.96. The molecule has 76 valence electrons. The Hall–Kier alpha value is -0.960. The Balaban J connectivity index is 1.97. The quantitative estimate of drug-likeness (QED) is 0.730. The Morgan fingerprint density at radius 2 is 2.43 bits per heavy atom. The Labute approximate surface area is 85.2 Å². The first-order chi connectivity index (χ1) is 6.90. The molecule has 1 fully saturated rings. The molecular weight excluding hydrogens is 174 g/mol. The molecule has 0 spiro atoms. The molecule has 2 rings (SSSR count). The summed E-state index contributed by atoms with van der Waals surface area (Å²) < 4.78 is 0. The summed E-state index contributed by atoms with van der Waals surface area (Å²) in [5, 5.41) is 0. The van der Waals surface area contributed by atoms with Crippen LogP contribution >= 0.6 is 0 Å². The Morgan fingerprint density at radius 3 is 3.14 bits per heavy atom. The summed E-state index contributed by atoms with van der Waals surface area (Å²) in [6.45, 7) is 4.45. The van der Waals surface area contributed by atoms with Gasteiger partial charge in [-0.05, 0) is 25.8 Å². The van der Waals surface area contributed by atoms with Gasteiger partial charge in [0.1, 0.15) is 0 Å². The van der Waals surface area contributed by atoms with Gasteiger partial charge in [-0.2, -0.15) is 0 Å². The highest BCUT2D eigenvalue weighted by Gasteiger charge is 2.22. The molecule has 0 aliphatic carbocycles. The third-order valence-corrected chi connectivity index (χ3v) is 2.95. The molecule has 0 bridgehead atoms. The molecule has 3 nitrogen and oxygen atoms in total. The summed E-state index contributed by atoms with van der Waals surface area (Å²) in [7, 11) is 0. The van der Waals surface area contributed by atoms with E-state index in [-0.39, 0.29) is 0 Å². The lowest BCUT2D eigenvalue weighted by Crippen LogP contribution is -2.28. The Bertz CT molecular complexity index is 273. The van der Waals surface area contributed by atoms with Gasteiger partial charge < -0.3 is 0 Å². The fraction of sp³-hybridized carbons (Fsp3) is 0.636. The maximum atomic E-state index is 4.31. The fourth-order valence-corrected chi connectivity index (χ4v) is 2.19. The monoisotopic (exact) mass is 191 g/mol. The predicted molar refractivity (Wildman–Crippen MR) is 55.8 cm³/mol. The second-order valence-electron chi connectivity index (χ2n) is 3.87. The molecule has 0 aromatic carbocycles. The van der Waals surface area contributed by atoms with Crippen molar-refractivity contribution in [3.05, 3.63) is 24.3 Å². The molecule has 2 heterocycles. The molecule has 0 amide bonds. The number of likely N-dealkylation sites (tertiary alicyclic amines) is 1. The van der Waals surface area contributed by atoms with Crippen LogP contribution in [0.3, 0.4) is 0 Å². The van der Waals surface area contributed by atoms with Crippen molar-refractivity contribution in [3.63, 3.8) is 0 Å². The summed E-state index contributed by atoms with van der Waals surface area (Å²) in [5.74, 6) is 0. The highest BCUT2D eigenvalue weighted by atomic mass is 15.2. The van der Waals surface area contributed by atoms with Crippen LogP contribution < -0.4 is 0 Å². The van der Waals surface area contributed by atoms with Crippen LogP contribution in [0.25, 0.3) is 0 Å². The van der Waals surface area contributed by atoms with E-state index >= 15 is 0 Å². The third kappa shape index (κ3) is 2.10. The molecule has 3 heteroatoms. The van der Waals surface area contributed by atoms with E-state index in [1.165, 1.54) is 25.8 Å². The van der Waals surface area contributed by atoms with Gasteiger partial charge in [0.2, 0.25) is 0 Å². The van der Waals surface area contributed by atoms with Crippen LogP contribution in [0.15, 0.2) is 18.6 Å². The minimum absolute atomic E-state index is 0.761. The van der Waals surface area contributed by atoms with Crippen LogP contribution in [0.1, 0.15) is 31.9 Å². The Kier molecular flexibility index (Phi) is 3.09. The lowest BCUT2D eigenvalue weighted by atomic mass is 10.2. The second kappa shape index (κ2) is 4.51. The van der Waals surface area contributed by atoms with Gasteiger partial charge in [0.25, 0.3) is 0 Å². The lowest BCUT2D eigenvalue weighted by Gasteiger charge is -2.22. The summed E-state index contributed by atoms with van der Waals surface area (Å²) in [5.41, 5.74) is 1.09. The molecule has 1 atom stereocenters. The van der Waals surface area contributed by atoms with Crippen molar-refractivity contribution < 1.29 is 0 Å². The van der Waals surface area contributed by atoms with Crippen molar-refractivity contribution in [2.75, 3.05) is 6.54 Å². The number of nitrogens with zero attached hydrogens (tertiary/aromatic N) is 3. The number of aromatic nitrogens is 2. The van der Waals surface area contributed by atoms with Crippen LogP contribution in [0.4, 0.5) is 0 Å². The van der Waals surface area contributed by atoms with Crippen molar-refractivity contribution in [3.8, 4) is 0 Å². The molecule has 0 N–H and O–H groups in total. The zero-order valence-electron chi connectivity index (χ0n) is 8.69. The molecule has 1 aromatic heterocycles. The van der Waals surface area contributed by atoms with Gasteiger partial charge in [-0.25, -0.2) is 0 Å². The van der Waals surface area contributed by atoms with Crippen molar-refractivity contribution in [1.29, 1.82) is 0 Å². The van der Waals surface area contributed by atoms with Gasteiger partial charge in [0.05, 0.1) is 5.69 Å². The predicted octanol–water partition coefficient (Wildman–Crippen LogP) is 1.85. The van der Waals surface area contributed by atoms with E-state index < -0.39 is 0 Å². The average Bonchev–Trinajstić information content (AvgIpc) is 2.67. The van der Waals surface area contributed by atoms with E-state index in [1.54, 1.807) is 12.4 Å². The van der Waals surface area contributed by atoms with Crippen LogP contribution in [-0.2, 0) is 6.54 Å². The van der Waals surface area contributed by atoms with Gasteiger partial charge in [0.15, 0.2) is 0 Å². The van der Waals surface area contributed by atoms with E-state index in [2.05, 4.69) is 21.8 Å². The number of rotatable bonds is 3. The minimum atomic E-state index is 0.761. The maximum absolute atomic E-state index is 4.31. The molecule has 1 saturated heterocycles. The third-order valence-electron chi connectivity index (χ3n) is 2.95. The first-order valence-corrected chi connectivity index (χ1v) is 5.39. The maximum Gasteiger partial charge on any atom is 0.0726 e. The van der Waals surface area contributed by atoms with Crippen molar-refractivity contribution in [2.45, 2.75) is 38.8 Å². The summed E-state index contributed by atoms with van der Waals surface area (Å²) in [6.07, 6.45) is 9.29. The lowest BCUT2D eigenvalue weighted by molar-refractivity contribution is 0.237. The number of hydrogen-bond acceptors (Lipinski definition) is 3. The summed E-state index contributed by atoms with van der Waals surface area (Å²) in [4.78, 5) is 10.9. The van der Waals surface area contributed by atoms with E-state index in [4.69, 9.17) is 0 Å². The van der Waals surface area contributed by atoms with Crippen LogP contribution in [0.2, 0.25) is 0 Å². The van der Waals surface area contributed by atoms with E-state index in [0.717, 1.165) is 18.3 Å². The first kappa shape index (κ1) is 9.59. The standard InChI is InChI=1S/C11H17N3/c1-2-11-4-3-7-14(11)9-10-8-12-5-6-13-10/h5-6,8,11H,2-4,7,9H2,1H3. The zero-order valence-corrected chi connectivity index (χ0v) is 8.69. The van der Waals surface area contributed by atoms with Gasteiger partial charge in [-0.15, -0.1) is 0 Å². The molecule has 1 aliphatic rings. The smallest absolute Gasteiger partial charge is 0.0726 e. The topological polar surface area (TPSA) is 29.0 Å². The molecule has 1 aliphatic heterocycles. The zero-order chi connectivity index (χ0) is 9.80. The van der Waals surface area contributed by atoms with Gasteiger partial charge >= 0.3 is 0 Å². The fourth-order valence-electron chi connectivity index (χ4n) is 2.19. The van der Waals surface area contributed by atoms with Crippen LogP contribution in [0, 0.1) is 0 Å². The first-order valence-electron chi connectivity index (χ1n) is 5.39. The highest BCUT2D eigenvalue weighted by Crippen LogP contribution is 2.21. The van der Waals surface area contributed by atoms with Crippen molar-refractivity contribution in [1.82, 2.24) is 14.9 Å².